The zero-order chi connectivity index (χ0) is 30.3. The average molecular weight is 637 g/mol. The number of hydrogen-bond donors (Lipinski definition) is 5. The largest absolute Gasteiger partial charge is 0.391 e. The number of rotatable bonds is 10. The molecule has 2 aromatic carbocycles. The van der Waals surface area contributed by atoms with E-state index in [4.69, 9.17) is 21.6 Å². The van der Waals surface area contributed by atoms with Crippen molar-refractivity contribution in [1.82, 2.24) is 14.9 Å². The first-order valence-electron chi connectivity index (χ1n) is 14.4. The minimum atomic E-state index is -4.28. The molecule has 2 unspecified atom stereocenters. The van der Waals surface area contributed by atoms with E-state index in [9.17, 15) is 22.8 Å². The fraction of sp³-hybridized carbons (Fsp3) is 0.517. The smallest absolute Gasteiger partial charge is 0.332 e. The van der Waals surface area contributed by atoms with Crippen molar-refractivity contribution in [1.29, 1.82) is 5.41 Å². The highest BCUT2D eigenvalue weighted by atomic mass is 35.5. The highest BCUT2D eigenvalue weighted by Gasteiger charge is 2.34. The topological polar surface area (TPSA) is 198 Å². The van der Waals surface area contributed by atoms with E-state index in [1.165, 1.54) is 12.1 Å². The fourth-order valence-corrected chi connectivity index (χ4v) is 6.80. The van der Waals surface area contributed by atoms with Crippen LogP contribution in [0.2, 0.25) is 0 Å². The molecule has 0 bridgehead atoms. The van der Waals surface area contributed by atoms with Gasteiger partial charge in [-0.25, -0.2) is 18.0 Å². The molecule has 0 aromatic heterocycles. The van der Waals surface area contributed by atoms with Gasteiger partial charge in [0.15, 0.2) is 5.96 Å². The molecule has 43 heavy (non-hydrogen) atoms. The van der Waals surface area contributed by atoms with Gasteiger partial charge in [-0.15, -0.1) is 12.4 Å². The third-order valence-electron chi connectivity index (χ3n) is 8.18. The van der Waals surface area contributed by atoms with Crippen LogP contribution in [0, 0.1) is 17.2 Å². The van der Waals surface area contributed by atoms with E-state index < -0.39 is 46.4 Å². The van der Waals surface area contributed by atoms with E-state index in [1.54, 1.807) is 23.1 Å². The molecule has 2 aliphatic rings. The number of sulfonamides is 1. The lowest BCUT2D eigenvalue weighted by molar-refractivity contribution is -0.163. The molecule has 7 N–H and O–H groups in total. The van der Waals surface area contributed by atoms with Gasteiger partial charge >= 0.3 is 11.9 Å². The van der Waals surface area contributed by atoms with Crippen LogP contribution in [0.15, 0.2) is 47.4 Å². The van der Waals surface area contributed by atoms with Gasteiger partial charge in [-0.3, -0.25) is 10.2 Å². The van der Waals surface area contributed by atoms with Crippen molar-refractivity contribution in [3.8, 4) is 0 Å². The predicted octanol–water partition coefficient (Wildman–Crippen LogP) is 2.00. The lowest BCUT2D eigenvalue weighted by atomic mass is 9.84. The van der Waals surface area contributed by atoms with Crippen molar-refractivity contribution in [2.45, 2.75) is 68.3 Å². The minimum absolute atomic E-state index is 0. The number of nitrogens with one attached hydrogen (secondary N) is 3. The quantitative estimate of drug-likeness (QED) is 0.112. The Kier molecular flexibility index (Phi) is 12.3. The third-order valence-corrected chi connectivity index (χ3v) is 9.65. The number of ether oxygens (including phenoxy) is 1. The second kappa shape index (κ2) is 15.5. The molecular formula is C29H41ClN6O6S. The molecule has 1 heterocycles. The summed E-state index contributed by atoms with van der Waals surface area (Å²) in [7, 11) is -4.28. The first-order valence-corrected chi connectivity index (χ1v) is 15.9. The Morgan fingerprint density at radius 1 is 0.977 bits per heavy atom. The summed E-state index contributed by atoms with van der Waals surface area (Å²) in [5.41, 5.74) is 11.6. The lowest BCUT2D eigenvalue weighted by Gasteiger charge is -2.32. The van der Waals surface area contributed by atoms with Crippen LogP contribution in [0.5, 0.6) is 0 Å². The molecule has 2 aromatic rings. The molecule has 1 saturated heterocycles. The second-order valence-corrected chi connectivity index (χ2v) is 12.9. The van der Waals surface area contributed by atoms with Gasteiger partial charge in [0.1, 0.15) is 12.1 Å². The summed E-state index contributed by atoms with van der Waals surface area (Å²) in [6.07, 6.45) is 5.28. The zero-order valence-corrected chi connectivity index (χ0v) is 25.6. The number of benzene rings is 2. The average Bonchev–Trinajstić information content (AvgIpc) is 2.99. The molecule has 0 spiro atoms. The highest BCUT2D eigenvalue weighted by molar-refractivity contribution is 7.89. The van der Waals surface area contributed by atoms with Crippen LogP contribution in [0.25, 0.3) is 10.8 Å². The van der Waals surface area contributed by atoms with E-state index in [-0.39, 0.29) is 35.1 Å². The van der Waals surface area contributed by atoms with Gasteiger partial charge in [-0.05, 0) is 60.4 Å². The molecule has 1 amide bonds. The number of amides is 1. The van der Waals surface area contributed by atoms with Crippen molar-refractivity contribution in [3.63, 3.8) is 0 Å². The first-order chi connectivity index (χ1) is 20.0. The van der Waals surface area contributed by atoms with E-state index in [0.29, 0.717) is 37.9 Å². The van der Waals surface area contributed by atoms with E-state index in [2.05, 4.69) is 10.0 Å². The molecule has 1 saturated carbocycles. The van der Waals surface area contributed by atoms with Gasteiger partial charge in [0.2, 0.25) is 15.9 Å². The number of nitrogens with zero attached hydrogens (tertiary/aromatic N) is 1. The van der Waals surface area contributed by atoms with Crippen molar-refractivity contribution in [2.24, 2.45) is 23.3 Å². The Hall–Kier alpha value is -3.26. The molecule has 4 rings (SSSR count). The molecule has 236 valence electrons. The lowest BCUT2D eigenvalue weighted by Crippen LogP contribution is -2.48. The maximum Gasteiger partial charge on any atom is 0.332 e. The Morgan fingerprint density at radius 2 is 1.63 bits per heavy atom. The predicted molar refractivity (Wildman–Crippen MR) is 165 cm³/mol. The number of hydrogen-bond acceptors (Lipinski definition) is 8. The number of carbonyl (C=O) groups excluding carboxylic acids is 3. The Labute approximate surface area is 258 Å². The van der Waals surface area contributed by atoms with Crippen LogP contribution >= 0.6 is 12.4 Å². The van der Waals surface area contributed by atoms with Crippen LogP contribution in [0.4, 0.5) is 0 Å². The number of halogens is 1. The van der Waals surface area contributed by atoms with Crippen LogP contribution in [-0.4, -0.2) is 68.8 Å². The number of carbonyl (C=O) groups is 3. The van der Waals surface area contributed by atoms with Gasteiger partial charge < -0.3 is 26.4 Å². The van der Waals surface area contributed by atoms with Crippen molar-refractivity contribution < 1.29 is 27.5 Å². The molecular weight excluding hydrogens is 596 g/mol. The van der Waals surface area contributed by atoms with E-state index >= 15 is 0 Å². The molecule has 2 fully saturated rings. The van der Waals surface area contributed by atoms with Crippen molar-refractivity contribution in [3.05, 3.63) is 42.5 Å². The summed E-state index contributed by atoms with van der Waals surface area (Å²) in [6.45, 7) is 1.51. The summed E-state index contributed by atoms with van der Waals surface area (Å²) < 4.78 is 34.0. The second-order valence-electron chi connectivity index (χ2n) is 11.2. The van der Waals surface area contributed by atoms with Crippen molar-refractivity contribution >= 4 is 57.0 Å². The molecule has 0 radical (unpaired) electrons. The van der Waals surface area contributed by atoms with Gasteiger partial charge in [-0.2, -0.15) is 4.72 Å². The van der Waals surface area contributed by atoms with Crippen LogP contribution in [-0.2, 0) is 29.1 Å². The summed E-state index contributed by atoms with van der Waals surface area (Å²) in [5.74, 6) is -2.66. The van der Waals surface area contributed by atoms with Crippen LogP contribution in [0.3, 0.4) is 0 Å². The number of nitrogens with two attached hydrogens (primary N) is 2. The number of fused-ring (bicyclic) bond motifs is 1. The van der Waals surface area contributed by atoms with Crippen LogP contribution in [0.1, 0.15) is 51.4 Å². The van der Waals surface area contributed by atoms with Gasteiger partial charge in [0, 0.05) is 19.6 Å². The SMILES string of the molecule is Cl.N=C(N)N1CCC(CNC(=O)CC(NS(=O)(=O)c2ccc3ccccc3c2)C(=O)OC(=O)C(N)C2CCCCC2)CC1. The Morgan fingerprint density at radius 3 is 2.28 bits per heavy atom. The van der Waals surface area contributed by atoms with Gasteiger partial charge in [-0.1, -0.05) is 49.6 Å². The number of esters is 2. The Balaban J connectivity index is 0.00000506. The number of piperidine rings is 1. The molecule has 14 heteroatoms. The van der Waals surface area contributed by atoms with E-state index in [1.807, 2.05) is 12.1 Å². The summed E-state index contributed by atoms with van der Waals surface area (Å²) >= 11 is 0. The molecule has 1 aliphatic carbocycles. The molecule has 1 aliphatic heterocycles. The Bertz CT molecular complexity index is 1410. The summed E-state index contributed by atoms with van der Waals surface area (Å²) in [6, 6.07) is 9.08. The van der Waals surface area contributed by atoms with Crippen molar-refractivity contribution in [2.75, 3.05) is 19.6 Å². The maximum atomic E-state index is 13.3. The zero-order valence-electron chi connectivity index (χ0n) is 24.0. The highest BCUT2D eigenvalue weighted by Crippen LogP contribution is 2.26. The first kappa shape index (κ1) is 34.2. The molecule has 12 nitrogen and oxygen atoms in total. The van der Waals surface area contributed by atoms with E-state index in [0.717, 1.165) is 37.5 Å². The summed E-state index contributed by atoms with van der Waals surface area (Å²) in [4.78, 5) is 40.5. The van der Waals surface area contributed by atoms with Gasteiger partial charge in [0.05, 0.1) is 11.3 Å². The minimum Gasteiger partial charge on any atom is -0.391 e. The summed E-state index contributed by atoms with van der Waals surface area (Å²) in [5, 5.41) is 11.8. The van der Waals surface area contributed by atoms with Gasteiger partial charge in [0.25, 0.3) is 0 Å². The fourth-order valence-electron chi connectivity index (χ4n) is 5.58. The standard InChI is InChI=1S/C29H40N6O6S.ClH/c30-26(21-7-2-1-3-8-21)28(38)41-27(37)24(17-25(36)33-18-19-12-14-35(15-13-19)29(31)32)34-42(39,40)23-11-10-20-6-4-5-9-22(20)16-23;/h4-6,9-11,16,19,21,24,26,34H,1-3,7-8,12-15,17-18,30H2,(H3,31,32)(H,33,36);1H. The normalized spacial score (nSPS) is 17.8. The number of guanidine groups is 1. The third kappa shape index (κ3) is 9.36. The van der Waals surface area contributed by atoms with Crippen LogP contribution < -0.4 is 21.5 Å². The number of likely N-dealkylation sites (tertiary alicyclic amines) is 1. The molecule has 2 atom stereocenters. The maximum absolute atomic E-state index is 13.3. The monoisotopic (exact) mass is 636 g/mol.